The number of aromatic hydroxyl groups is 1. The van der Waals surface area contributed by atoms with E-state index in [1.807, 2.05) is 54.6 Å². The van der Waals surface area contributed by atoms with Crippen molar-refractivity contribution in [2.45, 2.75) is 48.3 Å². The van der Waals surface area contributed by atoms with Gasteiger partial charge < -0.3 is 5.11 Å². The van der Waals surface area contributed by atoms with Crippen LogP contribution in [0.3, 0.4) is 0 Å². The van der Waals surface area contributed by atoms with Crippen LogP contribution in [0, 0.1) is 0 Å². The van der Waals surface area contributed by atoms with E-state index in [-0.39, 0.29) is 11.2 Å². The minimum Gasteiger partial charge on any atom is -0.505 e. The van der Waals surface area contributed by atoms with Crippen LogP contribution in [0.15, 0.2) is 131 Å². The van der Waals surface area contributed by atoms with Crippen molar-refractivity contribution >= 4 is 22.8 Å². The number of hydrogen-bond donors (Lipinski definition) is 1. The van der Waals surface area contributed by atoms with E-state index >= 15 is 0 Å². The molecule has 0 saturated heterocycles. The third-order valence-corrected chi connectivity index (χ3v) is 9.02. The second-order valence-corrected chi connectivity index (χ2v) is 12.6. The molecule has 0 amide bonds. The van der Waals surface area contributed by atoms with E-state index in [4.69, 9.17) is 10.2 Å². The third kappa shape index (κ3) is 5.14. The zero-order valence-electron chi connectivity index (χ0n) is 23.7. The van der Waals surface area contributed by atoms with Gasteiger partial charge in [0, 0.05) is 26.2 Å². The van der Waals surface area contributed by atoms with Gasteiger partial charge in [-0.05, 0) is 53.1 Å². The van der Waals surface area contributed by atoms with Gasteiger partial charge in [0.1, 0.15) is 22.5 Å². The van der Waals surface area contributed by atoms with Gasteiger partial charge in [0.05, 0.1) is 0 Å². The summed E-state index contributed by atoms with van der Waals surface area (Å²) in [6.07, 6.45) is 0. The predicted molar refractivity (Wildman–Crippen MR) is 168 cm³/mol. The van der Waals surface area contributed by atoms with Crippen LogP contribution in [-0.4, -0.2) is 20.1 Å². The van der Waals surface area contributed by atoms with Gasteiger partial charge in [-0.1, -0.05) is 124 Å². The molecule has 0 unspecified atom stereocenters. The minimum atomic E-state index is -0.463. The van der Waals surface area contributed by atoms with Gasteiger partial charge in [-0.2, -0.15) is 0 Å². The van der Waals surface area contributed by atoms with Crippen LogP contribution < -0.4 is 0 Å². The number of rotatable bonds is 7. The van der Waals surface area contributed by atoms with Crippen molar-refractivity contribution in [3.63, 3.8) is 0 Å². The third-order valence-electron chi connectivity index (χ3n) is 8.02. The van der Waals surface area contributed by atoms with Crippen LogP contribution in [0.5, 0.6) is 5.75 Å². The second kappa shape index (κ2) is 10.6. The molecule has 6 aromatic rings. The van der Waals surface area contributed by atoms with Crippen molar-refractivity contribution in [2.24, 2.45) is 0 Å². The summed E-state index contributed by atoms with van der Waals surface area (Å²) in [7, 11) is 0. The number of aromatic nitrogens is 3. The molecule has 1 N–H and O–H groups in total. The standard InChI is InChI=1S/C36H33N3OS/c1-35(2,25-14-8-5-9-15-25)27-22-30(36(3,4)26-16-10-6-11-17-26)34(40)33(23-27)39-37-31-21-20-29(24-32(31)38-39)41-28-18-12-7-13-19-28/h5-24,40H,1-4H3. The zero-order chi connectivity index (χ0) is 28.6. The lowest BCUT2D eigenvalue weighted by Crippen LogP contribution is -2.24. The molecule has 0 spiro atoms. The van der Waals surface area contributed by atoms with Gasteiger partial charge in [-0.3, -0.25) is 0 Å². The highest BCUT2D eigenvalue weighted by Gasteiger charge is 2.32. The van der Waals surface area contributed by atoms with Crippen molar-refractivity contribution in [2.75, 3.05) is 0 Å². The fourth-order valence-corrected chi connectivity index (χ4v) is 6.20. The number of benzene rings is 5. The highest BCUT2D eigenvalue weighted by atomic mass is 32.2. The van der Waals surface area contributed by atoms with Crippen molar-refractivity contribution in [1.82, 2.24) is 15.0 Å². The van der Waals surface area contributed by atoms with Crippen molar-refractivity contribution in [3.8, 4) is 11.4 Å². The molecule has 0 saturated carbocycles. The first kappa shape index (κ1) is 26.9. The van der Waals surface area contributed by atoms with Crippen molar-refractivity contribution < 1.29 is 5.11 Å². The van der Waals surface area contributed by atoms with Gasteiger partial charge in [0.2, 0.25) is 0 Å². The normalized spacial score (nSPS) is 12.1. The molecule has 1 heterocycles. The van der Waals surface area contributed by atoms with E-state index < -0.39 is 5.41 Å². The van der Waals surface area contributed by atoms with E-state index in [9.17, 15) is 5.11 Å². The zero-order valence-corrected chi connectivity index (χ0v) is 24.6. The SMILES string of the molecule is CC(C)(c1ccccc1)c1cc(-n2nc3ccc(Sc4ccccc4)cc3n2)c(O)c(C(C)(C)c2ccccc2)c1. The van der Waals surface area contributed by atoms with Crippen LogP contribution in [-0.2, 0) is 10.8 Å². The lowest BCUT2D eigenvalue weighted by Gasteiger charge is -2.32. The number of fused-ring (bicyclic) bond motifs is 1. The minimum absolute atomic E-state index is 0.186. The molecule has 0 fully saturated rings. The average molecular weight is 556 g/mol. The van der Waals surface area contributed by atoms with E-state index in [0.717, 1.165) is 32.6 Å². The maximum Gasteiger partial charge on any atom is 0.147 e. The summed E-state index contributed by atoms with van der Waals surface area (Å²) in [4.78, 5) is 3.84. The average Bonchev–Trinajstić information content (AvgIpc) is 3.42. The van der Waals surface area contributed by atoms with E-state index in [2.05, 4.69) is 94.4 Å². The first-order chi connectivity index (χ1) is 19.7. The summed E-state index contributed by atoms with van der Waals surface area (Å²) < 4.78 is 0. The summed E-state index contributed by atoms with van der Waals surface area (Å²) in [6.45, 7) is 8.75. The second-order valence-electron chi connectivity index (χ2n) is 11.4. The molecule has 0 bridgehead atoms. The molecule has 0 aliphatic carbocycles. The van der Waals surface area contributed by atoms with Crippen LogP contribution in [0.1, 0.15) is 49.9 Å². The van der Waals surface area contributed by atoms with Crippen LogP contribution in [0.4, 0.5) is 0 Å². The molecular weight excluding hydrogens is 522 g/mol. The molecule has 4 nitrogen and oxygen atoms in total. The Kier molecular flexibility index (Phi) is 6.92. The monoisotopic (exact) mass is 555 g/mol. The maximum absolute atomic E-state index is 11.9. The van der Waals surface area contributed by atoms with E-state index in [0.29, 0.717) is 5.69 Å². The van der Waals surface area contributed by atoms with E-state index in [1.54, 1.807) is 16.6 Å². The Morgan fingerprint density at radius 2 is 1.12 bits per heavy atom. The van der Waals surface area contributed by atoms with Crippen LogP contribution in [0.25, 0.3) is 16.7 Å². The van der Waals surface area contributed by atoms with Crippen LogP contribution >= 0.6 is 11.8 Å². The van der Waals surface area contributed by atoms with Gasteiger partial charge in [-0.25, -0.2) is 0 Å². The fraction of sp³-hybridized carbons (Fsp3) is 0.167. The summed E-state index contributed by atoms with van der Waals surface area (Å²) in [5.41, 5.74) is 5.57. The summed E-state index contributed by atoms with van der Waals surface area (Å²) in [5, 5.41) is 21.6. The Balaban J connectivity index is 1.51. The Hall–Kier alpha value is -4.35. The number of phenols is 1. The van der Waals surface area contributed by atoms with Gasteiger partial charge >= 0.3 is 0 Å². The topological polar surface area (TPSA) is 50.9 Å². The Labute approximate surface area is 245 Å². The highest BCUT2D eigenvalue weighted by Crippen LogP contribution is 2.44. The van der Waals surface area contributed by atoms with Crippen LogP contribution in [0.2, 0.25) is 0 Å². The Morgan fingerprint density at radius 1 is 0.561 bits per heavy atom. The lowest BCUT2D eigenvalue weighted by molar-refractivity contribution is 0.445. The lowest BCUT2D eigenvalue weighted by atomic mass is 9.72. The first-order valence-electron chi connectivity index (χ1n) is 13.8. The molecule has 5 aromatic carbocycles. The molecule has 41 heavy (non-hydrogen) atoms. The molecule has 0 aliphatic heterocycles. The van der Waals surface area contributed by atoms with Crippen molar-refractivity contribution in [1.29, 1.82) is 0 Å². The van der Waals surface area contributed by atoms with Gasteiger partial charge in [0.25, 0.3) is 0 Å². The molecule has 1 aromatic heterocycles. The molecule has 6 rings (SSSR count). The largest absolute Gasteiger partial charge is 0.505 e. The number of hydrogen-bond acceptors (Lipinski definition) is 4. The molecule has 0 atom stereocenters. The highest BCUT2D eigenvalue weighted by molar-refractivity contribution is 7.99. The van der Waals surface area contributed by atoms with Crippen molar-refractivity contribution in [3.05, 3.63) is 144 Å². The smallest absolute Gasteiger partial charge is 0.147 e. The molecule has 5 heteroatoms. The first-order valence-corrected chi connectivity index (χ1v) is 14.6. The Morgan fingerprint density at radius 3 is 1.76 bits per heavy atom. The molecule has 0 aliphatic rings. The fourth-order valence-electron chi connectivity index (χ4n) is 5.33. The predicted octanol–water partition coefficient (Wildman–Crippen LogP) is 8.93. The maximum atomic E-state index is 11.9. The summed E-state index contributed by atoms with van der Waals surface area (Å²) in [5.74, 6) is 0.186. The quantitative estimate of drug-likeness (QED) is 0.214. The molecule has 204 valence electrons. The Bertz CT molecular complexity index is 1810. The van der Waals surface area contributed by atoms with E-state index in [1.165, 1.54) is 10.5 Å². The van der Waals surface area contributed by atoms with Gasteiger partial charge in [0.15, 0.2) is 0 Å². The summed E-state index contributed by atoms with van der Waals surface area (Å²) in [6, 6.07) is 41.4. The molecule has 0 radical (unpaired) electrons. The van der Waals surface area contributed by atoms with Gasteiger partial charge in [-0.15, -0.1) is 15.0 Å². The summed E-state index contributed by atoms with van der Waals surface area (Å²) >= 11 is 1.69. The number of phenolic OH excluding ortho intramolecular Hbond substituents is 1. The number of nitrogens with zero attached hydrogens (tertiary/aromatic N) is 3. The molecular formula is C36H33N3OS.